The van der Waals surface area contributed by atoms with E-state index in [1.807, 2.05) is 19.1 Å². The number of pyridine rings is 1. The summed E-state index contributed by atoms with van der Waals surface area (Å²) < 4.78 is 32.0. The van der Waals surface area contributed by atoms with Crippen LogP contribution in [0.2, 0.25) is 0 Å². The molecule has 3 rings (SSSR count). The third kappa shape index (κ3) is 10.7. The summed E-state index contributed by atoms with van der Waals surface area (Å²) in [6.45, 7) is 4.26. The van der Waals surface area contributed by atoms with Crippen molar-refractivity contribution < 1.29 is 33.0 Å². The van der Waals surface area contributed by atoms with Crippen molar-refractivity contribution in [2.24, 2.45) is 0 Å². The highest BCUT2D eigenvalue weighted by atomic mass is 19.3. The highest BCUT2D eigenvalue weighted by Crippen LogP contribution is 2.35. The van der Waals surface area contributed by atoms with E-state index in [4.69, 9.17) is 4.74 Å². The number of aromatic nitrogens is 1. The molecule has 0 aliphatic heterocycles. The number of halogens is 2. The summed E-state index contributed by atoms with van der Waals surface area (Å²) in [5, 5.41) is 12.1. The molecule has 0 radical (unpaired) electrons. The quantitative estimate of drug-likeness (QED) is 0.206. The monoisotopic (exact) mass is 566 g/mol. The zero-order valence-electron chi connectivity index (χ0n) is 23.6. The van der Waals surface area contributed by atoms with Crippen molar-refractivity contribution >= 4 is 17.7 Å². The second kappa shape index (κ2) is 14.5. The molecule has 0 fully saturated rings. The van der Waals surface area contributed by atoms with Gasteiger partial charge in [0.05, 0.1) is 13.0 Å². The van der Waals surface area contributed by atoms with Gasteiger partial charge in [-0.3, -0.25) is 19.4 Å². The molecule has 0 saturated heterocycles. The summed E-state index contributed by atoms with van der Waals surface area (Å²) in [6.07, 6.45) is 0.586. The number of nitrogens with one attached hydrogen (secondary N) is 1. The first-order valence-corrected chi connectivity index (χ1v) is 13.6. The SMILES string of the molecule is Cc1ccnc(CCCCC(=O)NCC(=O)C[C@@H](CC(=O)O)c2ccc(-c3ccc(C)cc3OC(C)(F)F)cc2)c1. The van der Waals surface area contributed by atoms with Crippen molar-refractivity contribution in [3.63, 3.8) is 0 Å². The van der Waals surface area contributed by atoms with Gasteiger partial charge in [0.25, 0.3) is 0 Å². The van der Waals surface area contributed by atoms with Gasteiger partial charge in [-0.15, -0.1) is 0 Å². The Morgan fingerprint density at radius 2 is 1.68 bits per heavy atom. The van der Waals surface area contributed by atoms with Crippen molar-refractivity contribution in [1.29, 1.82) is 0 Å². The first-order valence-electron chi connectivity index (χ1n) is 13.6. The zero-order chi connectivity index (χ0) is 30.0. The Kier molecular flexibility index (Phi) is 11.1. The number of amides is 1. The van der Waals surface area contributed by atoms with Crippen LogP contribution in [0.25, 0.3) is 11.1 Å². The Morgan fingerprint density at radius 1 is 0.976 bits per heavy atom. The molecule has 1 aromatic heterocycles. The lowest BCUT2D eigenvalue weighted by Gasteiger charge is -2.18. The number of hydrogen-bond acceptors (Lipinski definition) is 5. The second-order valence-corrected chi connectivity index (χ2v) is 10.4. The number of carboxylic acid groups (broad SMARTS) is 1. The fourth-order valence-corrected chi connectivity index (χ4v) is 4.56. The highest BCUT2D eigenvalue weighted by molar-refractivity contribution is 5.87. The maximum Gasteiger partial charge on any atom is 0.394 e. The predicted octanol–water partition coefficient (Wildman–Crippen LogP) is 6.40. The van der Waals surface area contributed by atoms with E-state index in [1.165, 1.54) is 6.07 Å². The summed E-state index contributed by atoms with van der Waals surface area (Å²) in [5.41, 5.74) is 4.57. The molecular formula is C32H36F2N2O5. The smallest absolute Gasteiger partial charge is 0.394 e. The molecule has 9 heteroatoms. The molecule has 0 spiro atoms. The Labute approximate surface area is 239 Å². The van der Waals surface area contributed by atoms with Crippen molar-refractivity contribution in [3.05, 3.63) is 83.2 Å². The largest absolute Gasteiger partial charge is 0.481 e. The van der Waals surface area contributed by atoms with Crippen LogP contribution in [0.4, 0.5) is 8.78 Å². The Morgan fingerprint density at radius 3 is 2.34 bits per heavy atom. The van der Waals surface area contributed by atoms with Gasteiger partial charge in [-0.05, 0) is 73.6 Å². The number of ketones is 1. The molecule has 0 unspecified atom stereocenters. The number of carbonyl (C=O) groups excluding carboxylic acids is 2. The number of carboxylic acids is 1. The zero-order valence-corrected chi connectivity index (χ0v) is 23.6. The Bertz CT molecular complexity index is 1350. The molecule has 3 aromatic rings. The highest BCUT2D eigenvalue weighted by Gasteiger charge is 2.25. The number of aryl methyl sites for hydroxylation is 3. The Hall–Kier alpha value is -4.14. The van der Waals surface area contributed by atoms with Gasteiger partial charge in [-0.2, -0.15) is 8.78 Å². The van der Waals surface area contributed by atoms with Gasteiger partial charge in [0.2, 0.25) is 5.91 Å². The minimum atomic E-state index is -3.36. The van der Waals surface area contributed by atoms with E-state index in [2.05, 4.69) is 10.3 Å². The van der Waals surface area contributed by atoms with Crippen molar-refractivity contribution in [3.8, 4) is 16.9 Å². The summed E-state index contributed by atoms with van der Waals surface area (Å²) in [4.78, 5) is 40.7. The summed E-state index contributed by atoms with van der Waals surface area (Å²) >= 11 is 0. The van der Waals surface area contributed by atoms with Crippen LogP contribution < -0.4 is 10.1 Å². The normalized spacial score (nSPS) is 12.0. The fraction of sp³-hybridized carbons (Fsp3) is 0.375. The number of aliphatic carboxylic acids is 1. The molecular weight excluding hydrogens is 530 g/mol. The molecule has 2 N–H and O–H groups in total. The van der Waals surface area contributed by atoms with Crippen LogP contribution in [0, 0.1) is 13.8 Å². The standard InChI is InChI=1S/C32H36F2N2O5/c1-21-8-13-28(29(17-21)41-32(3,33)34)24-11-9-23(10-12-24)25(19-31(39)40)18-27(37)20-36-30(38)7-5-4-6-26-16-22(2)14-15-35-26/h8-17,25H,4-7,18-20H2,1-3H3,(H,36,38)(H,39,40)/t25-/m0/s1. The molecule has 218 valence electrons. The lowest BCUT2D eigenvalue weighted by molar-refractivity contribution is -0.158. The van der Waals surface area contributed by atoms with Gasteiger partial charge in [-0.25, -0.2) is 0 Å². The van der Waals surface area contributed by atoms with Crippen LogP contribution in [-0.4, -0.2) is 40.4 Å². The van der Waals surface area contributed by atoms with Crippen molar-refractivity contribution in [2.75, 3.05) is 6.54 Å². The van der Waals surface area contributed by atoms with Gasteiger partial charge in [-0.1, -0.05) is 36.4 Å². The number of rotatable bonds is 15. The fourth-order valence-electron chi connectivity index (χ4n) is 4.56. The molecule has 0 saturated carbocycles. The van der Waals surface area contributed by atoms with Gasteiger partial charge in [0.15, 0.2) is 5.78 Å². The molecule has 1 amide bonds. The summed E-state index contributed by atoms with van der Waals surface area (Å²) in [5.74, 6) is -2.15. The summed E-state index contributed by atoms with van der Waals surface area (Å²) in [6, 6.07) is 15.7. The van der Waals surface area contributed by atoms with Gasteiger partial charge in [0.1, 0.15) is 5.75 Å². The molecule has 2 aromatic carbocycles. The van der Waals surface area contributed by atoms with Gasteiger partial charge in [0, 0.05) is 43.1 Å². The molecule has 1 atom stereocenters. The van der Waals surface area contributed by atoms with Crippen LogP contribution in [0.5, 0.6) is 5.75 Å². The first kappa shape index (κ1) is 31.4. The predicted molar refractivity (Wildman–Crippen MR) is 152 cm³/mol. The lowest BCUT2D eigenvalue weighted by atomic mass is 9.89. The van der Waals surface area contributed by atoms with E-state index in [0.717, 1.165) is 29.7 Å². The lowest BCUT2D eigenvalue weighted by Crippen LogP contribution is -2.30. The number of unbranched alkanes of at least 4 members (excludes halogenated alkanes) is 1. The molecule has 0 aliphatic rings. The molecule has 1 heterocycles. The van der Waals surface area contributed by atoms with E-state index in [-0.39, 0.29) is 43.2 Å². The third-order valence-corrected chi connectivity index (χ3v) is 6.56. The third-order valence-electron chi connectivity index (χ3n) is 6.56. The molecule has 41 heavy (non-hydrogen) atoms. The second-order valence-electron chi connectivity index (χ2n) is 10.4. The van der Waals surface area contributed by atoms with Gasteiger partial charge >= 0.3 is 12.1 Å². The summed E-state index contributed by atoms with van der Waals surface area (Å²) in [7, 11) is 0. The molecule has 7 nitrogen and oxygen atoms in total. The van der Waals surface area contributed by atoms with Crippen molar-refractivity contribution in [1.82, 2.24) is 10.3 Å². The van der Waals surface area contributed by atoms with Crippen LogP contribution in [0.3, 0.4) is 0 Å². The molecule has 0 aliphatic carbocycles. The minimum absolute atomic E-state index is 0.0325. The number of carbonyl (C=O) groups is 3. The molecule has 0 bridgehead atoms. The number of benzene rings is 2. The first-order chi connectivity index (χ1) is 19.4. The van der Waals surface area contributed by atoms with Crippen molar-refractivity contribution in [2.45, 2.75) is 71.3 Å². The van der Waals surface area contributed by atoms with E-state index in [1.54, 1.807) is 49.5 Å². The Balaban J connectivity index is 1.56. The van der Waals surface area contributed by atoms with Crippen LogP contribution >= 0.6 is 0 Å². The number of hydrogen-bond donors (Lipinski definition) is 2. The minimum Gasteiger partial charge on any atom is -0.481 e. The number of ether oxygens (including phenoxy) is 1. The topological polar surface area (TPSA) is 106 Å². The van der Waals surface area contributed by atoms with Crippen LogP contribution in [0.15, 0.2) is 60.8 Å². The number of nitrogens with zero attached hydrogens (tertiary/aromatic N) is 1. The van der Waals surface area contributed by atoms with Crippen LogP contribution in [-0.2, 0) is 20.8 Å². The maximum atomic E-state index is 13.6. The van der Waals surface area contributed by atoms with Gasteiger partial charge < -0.3 is 15.2 Å². The van der Waals surface area contributed by atoms with Crippen LogP contribution in [0.1, 0.15) is 67.3 Å². The van der Waals surface area contributed by atoms with E-state index >= 15 is 0 Å². The van der Waals surface area contributed by atoms with E-state index in [0.29, 0.717) is 30.0 Å². The maximum absolute atomic E-state index is 13.6. The number of Topliss-reactive ketones (excluding diaryl/α,β-unsaturated/α-hetero) is 1. The average Bonchev–Trinajstić information content (AvgIpc) is 2.89. The van der Waals surface area contributed by atoms with E-state index < -0.39 is 18.0 Å². The van der Waals surface area contributed by atoms with E-state index in [9.17, 15) is 28.3 Å². The average molecular weight is 567 g/mol. The number of alkyl halides is 2.